The Morgan fingerprint density at radius 2 is 1.00 bits per heavy atom. The molecule has 0 fully saturated rings. The second-order valence-corrected chi connectivity index (χ2v) is 6.53. The minimum atomic E-state index is 0.0458. The Kier molecular flexibility index (Phi) is 4.95. The fraction of sp³-hybridized carbons (Fsp3) is 0.125. The summed E-state index contributed by atoms with van der Waals surface area (Å²) in [6.07, 6.45) is 1.98. The maximum absolute atomic E-state index is 13.1. The normalized spacial score (nSPS) is 11.4. The number of Topliss-reactive ketones (excluding diaryl/α,β-unsaturated/α-hetero) is 1. The molecule has 0 spiro atoms. The Balaban J connectivity index is 2.07. The fourth-order valence-electron chi connectivity index (χ4n) is 2.70. The van der Waals surface area contributed by atoms with Gasteiger partial charge in [-0.05, 0) is 38.0 Å². The molecule has 0 unspecified atom stereocenters. The molecule has 0 aliphatic heterocycles. The van der Waals surface area contributed by atoms with Gasteiger partial charge in [0.15, 0.2) is 5.78 Å². The maximum atomic E-state index is 13.1. The predicted molar refractivity (Wildman–Crippen MR) is 106 cm³/mol. The molecule has 1 nitrogen and oxygen atoms in total. The third-order valence-electron chi connectivity index (χ3n) is 4.31. The summed E-state index contributed by atoms with van der Waals surface area (Å²) in [6, 6.07) is 24.1. The van der Waals surface area contributed by atoms with Gasteiger partial charge in [-0.3, -0.25) is 4.79 Å². The Labute approximate surface area is 149 Å². The first kappa shape index (κ1) is 16.9. The van der Waals surface area contributed by atoms with E-state index in [-0.39, 0.29) is 5.78 Å². The summed E-state index contributed by atoms with van der Waals surface area (Å²) in [5, 5.41) is 0. The van der Waals surface area contributed by atoms with Gasteiger partial charge >= 0.3 is 0 Å². The van der Waals surface area contributed by atoms with E-state index in [0.717, 1.165) is 16.7 Å². The van der Waals surface area contributed by atoms with Gasteiger partial charge in [0.2, 0.25) is 0 Å². The topological polar surface area (TPSA) is 17.1 Å². The van der Waals surface area contributed by atoms with Crippen molar-refractivity contribution in [3.8, 4) is 0 Å². The van der Waals surface area contributed by atoms with Crippen molar-refractivity contribution in [3.05, 3.63) is 106 Å². The van der Waals surface area contributed by atoms with E-state index in [1.165, 1.54) is 11.1 Å². The molecule has 124 valence electrons. The number of rotatable bonds is 4. The molecular formula is C24H22O. The van der Waals surface area contributed by atoms with Gasteiger partial charge in [0.25, 0.3) is 0 Å². The van der Waals surface area contributed by atoms with Crippen LogP contribution in [0.2, 0.25) is 0 Å². The number of hydrogen-bond donors (Lipinski definition) is 0. The highest BCUT2D eigenvalue weighted by Gasteiger charge is 2.14. The number of benzene rings is 3. The molecule has 0 amide bonds. The quantitative estimate of drug-likeness (QED) is 0.325. The second kappa shape index (κ2) is 7.31. The van der Waals surface area contributed by atoms with E-state index in [1.807, 2.05) is 73.7 Å². The third kappa shape index (κ3) is 4.13. The summed E-state index contributed by atoms with van der Waals surface area (Å²) < 4.78 is 0. The minimum absolute atomic E-state index is 0.0458. The summed E-state index contributed by atoms with van der Waals surface area (Å²) in [7, 11) is 0. The van der Waals surface area contributed by atoms with Crippen LogP contribution in [-0.2, 0) is 0 Å². The molecule has 0 aliphatic carbocycles. The van der Waals surface area contributed by atoms with E-state index in [4.69, 9.17) is 0 Å². The van der Waals surface area contributed by atoms with Gasteiger partial charge in [-0.25, -0.2) is 0 Å². The molecule has 1 heteroatoms. The van der Waals surface area contributed by atoms with Gasteiger partial charge in [-0.1, -0.05) is 89.5 Å². The monoisotopic (exact) mass is 326 g/mol. The van der Waals surface area contributed by atoms with Crippen molar-refractivity contribution in [2.75, 3.05) is 0 Å². The molecule has 0 saturated carbocycles. The van der Waals surface area contributed by atoms with Crippen LogP contribution in [0.3, 0.4) is 0 Å². The zero-order valence-corrected chi connectivity index (χ0v) is 14.9. The van der Waals surface area contributed by atoms with Gasteiger partial charge in [-0.2, -0.15) is 0 Å². The van der Waals surface area contributed by atoms with Crippen LogP contribution < -0.4 is 0 Å². The lowest BCUT2D eigenvalue weighted by molar-refractivity contribution is 0.105. The summed E-state index contributed by atoms with van der Waals surface area (Å²) in [4.78, 5) is 13.1. The number of hydrogen-bond acceptors (Lipinski definition) is 1. The lowest BCUT2D eigenvalue weighted by atomic mass is 9.93. The highest BCUT2D eigenvalue weighted by molar-refractivity contribution is 6.32. The highest BCUT2D eigenvalue weighted by atomic mass is 16.1. The van der Waals surface area contributed by atoms with E-state index in [1.54, 1.807) is 0 Å². The van der Waals surface area contributed by atoms with Crippen LogP contribution in [0.5, 0.6) is 0 Å². The van der Waals surface area contributed by atoms with Crippen LogP contribution in [0, 0.1) is 20.8 Å². The molecule has 3 rings (SSSR count). The first-order chi connectivity index (χ1) is 12.0. The molecule has 0 atom stereocenters. The third-order valence-corrected chi connectivity index (χ3v) is 4.31. The van der Waals surface area contributed by atoms with Gasteiger partial charge in [0.05, 0.1) is 0 Å². The summed E-state index contributed by atoms with van der Waals surface area (Å²) >= 11 is 0. The molecule has 0 bridgehead atoms. The van der Waals surface area contributed by atoms with Crippen molar-refractivity contribution in [1.82, 2.24) is 0 Å². The lowest BCUT2D eigenvalue weighted by Crippen LogP contribution is -2.03. The molecule has 0 heterocycles. The summed E-state index contributed by atoms with van der Waals surface area (Å²) in [5.74, 6) is 0.0458. The largest absolute Gasteiger partial charge is 0.289 e. The summed E-state index contributed by atoms with van der Waals surface area (Å²) in [6.45, 7) is 6.14. The first-order valence-corrected chi connectivity index (χ1v) is 8.50. The predicted octanol–water partition coefficient (Wildman–Crippen LogP) is 6.04. The van der Waals surface area contributed by atoms with Crippen LogP contribution >= 0.6 is 0 Å². The molecule has 25 heavy (non-hydrogen) atoms. The van der Waals surface area contributed by atoms with E-state index >= 15 is 0 Å². The van der Waals surface area contributed by atoms with Crippen molar-refractivity contribution in [2.24, 2.45) is 0 Å². The van der Waals surface area contributed by atoms with Crippen LogP contribution in [0.25, 0.3) is 11.6 Å². The van der Waals surface area contributed by atoms with Gasteiger partial charge in [-0.15, -0.1) is 0 Å². The molecule has 3 aromatic rings. The molecule has 3 aromatic carbocycles. The van der Waals surface area contributed by atoms with Crippen molar-refractivity contribution < 1.29 is 4.79 Å². The molecular weight excluding hydrogens is 304 g/mol. The highest BCUT2D eigenvalue weighted by Crippen LogP contribution is 2.24. The van der Waals surface area contributed by atoms with Crippen molar-refractivity contribution in [2.45, 2.75) is 20.8 Å². The van der Waals surface area contributed by atoms with Crippen LogP contribution in [0.15, 0.2) is 72.8 Å². The molecule has 0 saturated heterocycles. The smallest absolute Gasteiger partial charge is 0.193 e. The number of ketones is 1. The van der Waals surface area contributed by atoms with Crippen molar-refractivity contribution in [1.29, 1.82) is 0 Å². The van der Waals surface area contributed by atoms with Gasteiger partial charge < -0.3 is 0 Å². The molecule has 0 N–H and O–H groups in total. The minimum Gasteiger partial charge on any atom is -0.289 e. The zero-order valence-electron chi connectivity index (χ0n) is 14.9. The van der Waals surface area contributed by atoms with Gasteiger partial charge in [0.1, 0.15) is 0 Å². The Bertz CT molecular complexity index is 896. The van der Waals surface area contributed by atoms with E-state index in [0.29, 0.717) is 11.1 Å². The van der Waals surface area contributed by atoms with Crippen LogP contribution in [0.1, 0.15) is 38.2 Å². The number of carbonyl (C=O) groups excluding carboxylic acids is 1. The molecule has 0 radical (unpaired) electrons. The van der Waals surface area contributed by atoms with Gasteiger partial charge in [0, 0.05) is 11.1 Å². The molecule has 0 aromatic heterocycles. The summed E-state index contributed by atoms with van der Waals surface area (Å²) in [5.41, 5.74) is 6.94. The average Bonchev–Trinajstić information content (AvgIpc) is 2.62. The maximum Gasteiger partial charge on any atom is 0.193 e. The van der Waals surface area contributed by atoms with E-state index < -0.39 is 0 Å². The number of carbonyl (C=O) groups is 1. The Morgan fingerprint density at radius 1 is 0.600 bits per heavy atom. The zero-order chi connectivity index (χ0) is 17.8. The van der Waals surface area contributed by atoms with E-state index in [2.05, 4.69) is 26.0 Å². The Morgan fingerprint density at radius 3 is 1.48 bits per heavy atom. The van der Waals surface area contributed by atoms with Crippen molar-refractivity contribution >= 4 is 17.4 Å². The Hall–Kier alpha value is -2.93. The standard InChI is InChI=1S/C24H22O/c1-17-4-10-20(11-5-17)16-23(21-12-6-18(2)7-13-21)24(25)22-14-8-19(3)9-15-22/h4-16H,1-3H3/b23-16-. The van der Waals surface area contributed by atoms with Crippen LogP contribution in [0.4, 0.5) is 0 Å². The number of aryl methyl sites for hydroxylation is 3. The molecule has 0 aliphatic rings. The fourth-order valence-corrected chi connectivity index (χ4v) is 2.70. The first-order valence-electron chi connectivity index (χ1n) is 8.50. The lowest BCUT2D eigenvalue weighted by Gasteiger charge is -2.09. The van der Waals surface area contributed by atoms with Crippen molar-refractivity contribution in [3.63, 3.8) is 0 Å². The second-order valence-electron chi connectivity index (χ2n) is 6.53. The average molecular weight is 326 g/mol. The van der Waals surface area contributed by atoms with E-state index in [9.17, 15) is 4.79 Å². The SMILES string of the molecule is Cc1ccc(/C=C(\C(=O)c2ccc(C)cc2)c2ccc(C)cc2)cc1. The van der Waals surface area contributed by atoms with Crippen LogP contribution in [-0.4, -0.2) is 5.78 Å². The number of allylic oxidation sites excluding steroid dienone is 1.